The molecule has 3 nitrogen and oxygen atoms in total. The van der Waals surface area contributed by atoms with E-state index in [0.29, 0.717) is 12.4 Å². The molecule has 3 heteroatoms. The molecule has 1 aromatic rings. The first-order chi connectivity index (χ1) is 6.79. The zero-order valence-corrected chi connectivity index (χ0v) is 8.40. The van der Waals surface area contributed by atoms with E-state index < -0.39 is 6.10 Å². The van der Waals surface area contributed by atoms with E-state index in [2.05, 4.69) is 0 Å². The Morgan fingerprint density at radius 2 is 2.43 bits per heavy atom. The van der Waals surface area contributed by atoms with E-state index in [0.717, 1.165) is 25.0 Å². The van der Waals surface area contributed by atoms with Crippen molar-refractivity contribution in [1.82, 2.24) is 0 Å². The summed E-state index contributed by atoms with van der Waals surface area (Å²) in [6.07, 6.45) is 3.16. The largest absolute Gasteiger partial charge is 0.466 e. The van der Waals surface area contributed by atoms with Crippen LogP contribution < -0.4 is 0 Å². The average Bonchev–Trinajstić information content (AvgIpc) is 2.65. The van der Waals surface area contributed by atoms with Gasteiger partial charge in [0.15, 0.2) is 0 Å². The standard InChI is InChI=1S/C11H16O3/c1-8-4-6-14-11(8)10(12)9-3-2-5-13-7-9/h4,6,9-10,12H,2-3,5,7H2,1H3. The predicted molar refractivity (Wildman–Crippen MR) is 51.9 cm³/mol. The first-order valence-corrected chi connectivity index (χ1v) is 5.09. The third-order valence-corrected chi connectivity index (χ3v) is 2.81. The van der Waals surface area contributed by atoms with Crippen LogP contribution in [0.3, 0.4) is 0 Å². The molecule has 0 amide bonds. The molecule has 1 aromatic heterocycles. The molecule has 0 aliphatic carbocycles. The molecular formula is C11H16O3. The van der Waals surface area contributed by atoms with Gasteiger partial charge in [0.2, 0.25) is 0 Å². The van der Waals surface area contributed by atoms with Gasteiger partial charge in [0.1, 0.15) is 11.9 Å². The van der Waals surface area contributed by atoms with E-state index in [1.165, 1.54) is 0 Å². The molecule has 1 N–H and O–H groups in total. The van der Waals surface area contributed by atoms with E-state index in [4.69, 9.17) is 9.15 Å². The normalized spacial score (nSPS) is 24.9. The molecule has 0 spiro atoms. The quantitative estimate of drug-likeness (QED) is 0.787. The highest BCUT2D eigenvalue weighted by Crippen LogP contribution is 2.30. The molecule has 0 bridgehead atoms. The van der Waals surface area contributed by atoms with Crippen LogP contribution >= 0.6 is 0 Å². The highest BCUT2D eigenvalue weighted by atomic mass is 16.5. The Bertz CT molecular complexity index is 286. The SMILES string of the molecule is Cc1ccoc1C(O)C1CCCOC1. The van der Waals surface area contributed by atoms with Crippen LogP contribution in [0.1, 0.15) is 30.3 Å². The number of hydrogen-bond donors (Lipinski definition) is 1. The minimum absolute atomic E-state index is 0.189. The summed E-state index contributed by atoms with van der Waals surface area (Å²) in [6, 6.07) is 1.88. The maximum Gasteiger partial charge on any atom is 0.135 e. The second-order valence-corrected chi connectivity index (χ2v) is 3.89. The number of aliphatic hydroxyl groups excluding tert-OH is 1. The summed E-state index contributed by atoms with van der Waals surface area (Å²) in [4.78, 5) is 0. The van der Waals surface area contributed by atoms with E-state index in [9.17, 15) is 5.11 Å². The van der Waals surface area contributed by atoms with Crippen molar-refractivity contribution in [3.63, 3.8) is 0 Å². The van der Waals surface area contributed by atoms with Crippen molar-refractivity contribution in [2.75, 3.05) is 13.2 Å². The van der Waals surface area contributed by atoms with Crippen LogP contribution in [0, 0.1) is 12.8 Å². The Balaban J connectivity index is 2.07. The topological polar surface area (TPSA) is 42.6 Å². The fourth-order valence-corrected chi connectivity index (χ4v) is 1.92. The molecule has 1 aliphatic heterocycles. The van der Waals surface area contributed by atoms with Crippen molar-refractivity contribution in [3.05, 3.63) is 23.7 Å². The molecule has 0 saturated carbocycles. The lowest BCUT2D eigenvalue weighted by Gasteiger charge is -2.25. The minimum Gasteiger partial charge on any atom is -0.466 e. The second kappa shape index (κ2) is 4.15. The molecular weight excluding hydrogens is 180 g/mol. The third kappa shape index (κ3) is 1.83. The Morgan fingerprint density at radius 3 is 3.00 bits per heavy atom. The summed E-state index contributed by atoms with van der Waals surface area (Å²) in [6.45, 7) is 3.41. The van der Waals surface area contributed by atoms with Crippen molar-refractivity contribution in [3.8, 4) is 0 Å². The van der Waals surface area contributed by atoms with Gasteiger partial charge < -0.3 is 14.3 Å². The number of hydrogen-bond acceptors (Lipinski definition) is 3. The van der Waals surface area contributed by atoms with Crippen LogP contribution in [0.4, 0.5) is 0 Å². The number of rotatable bonds is 2. The maximum atomic E-state index is 10.0. The van der Waals surface area contributed by atoms with E-state index >= 15 is 0 Å². The Kier molecular flexibility index (Phi) is 2.89. The van der Waals surface area contributed by atoms with Crippen molar-refractivity contribution in [1.29, 1.82) is 0 Å². The van der Waals surface area contributed by atoms with E-state index in [-0.39, 0.29) is 5.92 Å². The summed E-state index contributed by atoms with van der Waals surface area (Å²) >= 11 is 0. The zero-order valence-electron chi connectivity index (χ0n) is 8.40. The van der Waals surface area contributed by atoms with Gasteiger partial charge in [-0.3, -0.25) is 0 Å². The van der Waals surface area contributed by atoms with Gasteiger partial charge in [-0.15, -0.1) is 0 Å². The third-order valence-electron chi connectivity index (χ3n) is 2.81. The van der Waals surface area contributed by atoms with Crippen LogP contribution in [-0.4, -0.2) is 18.3 Å². The van der Waals surface area contributed by atoms with Crippen molar-refractivity contribution < 1.29 is 14.3 Å². The molecule has 1 aliphatic rings. The van der Waals surface area contributed by atoms with Crippen LogP contribution in [0.25, 0.3) is 0 Å². The first kappa shape index (κ1) is 9.74. The van der Waals surface area contributed by atoms with Crippen molar-refractivity contribution in [2.45, 2.75) is 25.9 Å². The summed E-state index contributed by atoms with van der Waals surface area (Å²) in [5.74, 6) is 0.883. The van der Waals surface area contributed by atoms with Gasteiger partial charge >= 0.3 is 0 Å². The summed E-state index contributed by atoms with van der Waals surface area (Å²) in [5, 5.41) is 10.0. The smallest absolute Gasteiger partial charge is 0.135 e. The number of aryl methyl sites for hydroxylation is 1. The van der Waals surface area contributed by atoms with Gasteiger partial charge in [-0.1, -0.05) is 0 Å². The maximum absolute atomic E-state index is 10.0. The van der Waals surface area contributed by atoms with Gasteiger partial charge in [0.05, 0.1) is 12.9 Å². The lowest BCUT2D eigenvalue weighted by atomic mass is 9.93. The Hall–Kier alpha value is -0.800. The van der Waals surface area contributed by atoms with Crippen molar-refractivity contribution in [2.24, 2.45) is 5.92 Å². The highest BCUT2D eigenvalue weighted by molar-refractivity contribution is 5.17. The minimum atomic E-state index is -0.509. The average molecular weight is 196 g/mol. The van der Waals surface area contributed by atoms with Crippen LogP contribution in [0.2, 0.25) is 0 Å². The van der Waals surface area contributed by atoms with Crippen molar-refractivity contribution >= 4 is 0 Å². The summed E-state index contributed by atoms with van der Waals surface area (Å²) in [5.41, 5.74) is 1.02. The van der Waals surface area contributed by atoms with Gasteiger partial charge in [0.25, 0.3) is 0 Å². The second-order valence-electron chi connectivity index (χ2n) is 3.89. The molecule has 2 unspecified atom stereocenters. The van der Waals surface area contributed by atoms with Gasteiger partial charge in [-0.25, -0.2) is 0 Å². The fourth-order valence-electron chi connectivity index (χ4n) is 1.92. The molecule has 1 fully saturated rings. The molecule has 0 radical (unpaired) electrons. The van der Waals surface area contributed by atoms with Gasteiger partial charge in [-0.05, 0) is 31.4 Å². The first-order valence-electron chi connectivity index (χ1n) is 5.09. The number of aliphatic hydroxyl groups is 1. The van der Waals surface area contributed by atoms with Crippen LogP contribution in [0.5, 0.6) is 0 Å². The number of ether oxygens (including phenoxy) is 1. The molecule has 14 heavy (non-hydrogen) atoms. The molecule has 0 aromatic carbocycles. The molecule has 2 atom stereocenters. The highest BCUT2D eigenvalue weighted by Gasteiger charge is 2.26. The zero-order chi connectivity index (χ0) is 9.97. The predicted octanol–water partition coefficient (Wildman–Crippen LogP) is 2.05. The molecule has 2 heterocycles. The van der Waals surface area contributed by atoms with E-state index in [1.807, 2.05) is 13.0 Å². The Morgan fingerprint density at radius 1 is 1.57 bits per heavy atom. The lowest BCUT2D eigenvalue weighted by Crippen LogP contribution is -2.23. The van der Waals surface area contributed by atoms with Gasteiger partial charge in [0, 0.05) is 12.5 Å². The van der Waals surface area contributed by atoms with Gasteiger partial charge in [-0.2, -0.15) is 0 Å². The summed E-state index contributed by atoms with van der Waals surface area (Å²) < 4.78 is 10.6. The Labute approximate surface area is 83.7 Å². The molecule has 1 saturated heterocycles. The van der Waals surface area contributed by atoms with Crippen LogP contribution in [0.15, 0.2) is 16.7 Å². The fraction of sp³-hybridized carbons (Fsp3) is 0.636. The monoisotopic (exact) mass is 196 g/mol. The van der Waals surface area contributed by atoms with Crippen LogP contribution in [-0.2, 0) is 4.74 Å². The molecule has 78 valence electrons. The lowest BCUT2D eigenvalue weighted by molar-refractivity contribution is -0.0181. The summed E-state index contributed by atoms with van der Waals surface area (Å²) in [7, 11) is 0. The molecule has 2 rings (SSSR count). The van der Waals surface area contributed by atoms with E-state index in [1.54, 1.807) is 6.26 Å². The number of furan rings is 1.